The Morgan fingerprint density at radius 3 is 2.16 bits per heavy atom. The molecule has 0 saturated heterocycles. The molecule has 0 aliphatic carbocycles. The minimum atomic E-state index is -0.363. The Morgan fingerprint density at radius 2 is 1.68 bits per heavy atom. The van der Waals surface area contributed by atoms with Crippen LogP contribution in [0.3, 0.4) is 0 Å². The van der Waals surface area contributed by atoms with Crippen molar-refractivity contribution in [2.45, 2.75) is 53.6 Å². The van der Waals surface area contributed by atoms with E-state index in [0.717, 1.165) is 0 Å². The highest BCUT2D eigenvalue weighted by molar-refractivity contribution is 5.84. The van der Waals surface area contributed by atoms with Crippen LogP contribution < -0.4 is 10.6 Å². The van der Waals surface area contributed by atoms with Crippen LogP contribution in [0.2, 0.25) is 0 Å². The van der Waals surface area contributed by atoms with E-state index in [9.17, 15) is 14.7 Å². The van der Waals surface area contributed by atoms with Gasteiger partial charge in [0.05, 0.1) is 12.6 Å². The maximum absolute atomic E-state index is 11.5. The average Bonchev–Trinajstić information content (AvgIpc) is 2.20. The van der Waals surface area contributed by atoms with Crippen LogP contribution in [0, 0.1) is 11.3 Å². The van der Waals surface area contributed by atoms with Crippen molar-refractivity contribution in [1.29, 1.82) is 0 Å². The van der Waals surface area contributed by atoms with Crippen molar-refractivity contribution >= 4 is 11.8 Å². The summed E-state index contributed by atoms with van der Waals surface area (Å²) in [6.45, 7) is 10.1. The van der Waals surface area contributed by atoms with Crippen LogP contribution >= 0.6 is 0 Å². The zero-order valence-corrected chi connectivity index (χ0v) is 12.7. The number of amides is 2. The van der Waals surface area contributed by atoms with Gasteiger partial charge in [0.2, 0.25) is 11.8 Å². The van der Waals surface area contributed by atoms with E-state index in [-0.39, 0.29) is 35.8 Å². The van der Waals surface area contributed by atoms with E-state index in [0.29, 0.717) is 19.4 Å². The van der Waals surface area contributed by atoms with Gasteiger partial charge in [-0.2, -0.15) is 0 Å². The second kappa shape index (κ2) is 8.15. The third kappa shape index (κ3) is 11.7. The molecule has 0 bridgehead atoms. The standard InChI is InChI=1S/C14H28N2O3/c1-10(6-11(2)17)8-15-13(19)9-16-12(18)7-14(3,4)5/h10-11,17H,6-9H2,1-5H3,(H,15,19)(H,16,18). The molecule has 2 unspecified atom stereocenters. The Morgan fingerprint density at radius 1 is 1.11 bits per heavy atom. The third-order valence-corrected chi connectivity index (χ3v) is 2.53. The van der Waals surface area contributed by atoms with Crippen molar-refractivity contribution < 1.29 is 14.7 Å². The first kappa shape index (κ1) is 17.9. The van der Waals surface area contributed by atoms with Gasteiger partial charge >= 0.3 is 0 Å². The summed E-state index contributed by atoms with van der Waals surface area (Å²) in [5.74, 6) is -0.0893. The Kier molecular flexibility index (Phi) is 7.68. The number of hydrogen-bond donors (Lipinski definition) is 3. The molecule has 0 aliphatic heterocycles. The minimum Gasteiger partial charge on any atom is -0.393 e. The summed E-state index contributed by atoms with van der Waals surface area (Å²) in [5.41, 5.74) is -0.0770. The summed E-state index contributed by atoms with van der Waals surface area (Å²) in [7, 11) is 0. The lowest BCUT2D eigenvalue weighted by Gasteiger charge is -2.17. The van der Waals surface area contributed by atoms with Crippen molar-refractivity contribution in [3.05, 3.63) is 0 Å². The van der Waals surface area contributed by atoms with Crippen LogP contribution in [0.5, 0.6) is 0 Å². The molecule has 0 aromatic heterocycles. The predicted molar refractivity (Wildman–Crippen MR) is 75.6 cm³/mol. The van der Waals surface area contributed by atoms with Gasteiger partial charge in [0.25, 0.3) is 0 Å². The predicted octanol–water partition coefficient (Wildman–Crippen LogP) is 1.06. The lowest BCUT2D eigenvalue weighted by Crippen LogP contribution is -2.39. The van der Waals surface area contributed by atoms with Crippen LogP contribution in [0.1, 0.15) is 47.5 Å². The highest BCUT2D eigenvalue weighted by Crippen LogP contribution is 2.17. The van der Waals surface area contributed by atoms with E-state index < -0.39 is 0 Å². The molecule has 2 atom stereocenters. The van der Waals surface area contributed by atoms with Crippen LogP contribution in [0.15, 0.2) is 0 Å². The molecule has 112 valence electrons. The summed E-state index contributed by atoms with van der Waals surface area (Å²) in [4.78, 5) is 23.0. The first-order valence-corrected chi connectivity index (χ1v) is 6.81. The van der Waals surface area contributed by atoms with Crippen LogP contribution in [0.25, 0.3) is 0 Å². The molecule has 0 saturated carbocycles. The molecule has 0 aliphatic rings. The van der Waals surface area contributed by atoms with Crippen molar-refractivity contribution in [2.75, 3.05) is 13.1 Å². The summed E-state index contributed by atoms with van der Waals surface area (Å²) < 4.78 is 0. The van der Waals surface area contributed by atoms with Crippen LogP contribution in [-0.2, 0) is 9.59 Å². The normalized spacial score (nSPS) is 14.6. The number of carbonyl (C=O) groups excluding carboxylic acids is 2. The fourth-order valence-electron chi connectivity index (χ4n) is 1.74. The van der Waals surface area contributed by atoms with Gasteiger partial charge < -0.3 is 15.7 Å². The first-order valence-electron chi connectivity index (χ1n) is 6.81. The Labute approximate surface area is 116 Å². The molecule has 5 heteroatoms. The summed E-state index contributed by atoms with van der Waals surface area (Å²) in [6.07, 6.45) is 0.688. The van der Waals surface area contributed by atoms with E-state index in [1.54, 1.807) is 6.92 Å². The molecule has 0 radical (unpaired) electrons. The van der Waals surface area contributed by atoms with E-state index in [1.165, 1.54) is 0 Å². The Balaban J connectivity index is 3.79. The number of rotatable bonds is 7. The number of aliphatic hydroxyl groups excluding tert-OH is 1. The number of hydrogen-bond acceptors (Lipinski definition) is 3. The van der Waals surface area contributed by atoms with Crippen molar-refractivity contribution in [1.82, 2.24) is 10.6 Å². The van der Waals surface area contributed by atoms with Crippen LogP contribution in [0.4, 0.5) is 0 Å². The lowest BCUT2D eigenvalue weighted by atomic mass is 9.92. The lowest BCUT2D eigenvalue weighted by molar-refractivity contribution is -0.127. The van der Waals surface area contributed by atoms with E-state index in [1.807, 2.05) is 27.7 Å². The monoisotopic (exact) mass is 272 g/mol. The number of nitrogens with one attached hydrogen (secondary N) is 2. The molecular weight excluding hydrogens is 244 g/mol. The first-order chi connectivity index (χ1) is 8.60. The third-order valence-electron chi connectivity index (χ3n) is 2.53. The zero-order chi connectivity index (χ0) is 15.1. The molecule has 19 heavy (non-hydrogen) atoms. The van der Waals surface area contributed by atoms with Gasteiger partial charge in [0, 0.05) is 13.0 Å². The Bertz CT molecular complexity index is 296. The second-order valence-corrected chi connectivity index (χ2v) is 6.51. The molecule has 3 N–H and O–H groups in total. The molecule has 0 spiro atoms. The van der Waals surface area contributed by atoms with Gasteiger partial charge in [-0.05, 0) is 24.7 Å². The van der Waals surface area contributed by atoms with Gasteiger partial charge in [0.15, 0.2) is 0 Å². The van der Waals surface area contributed by atoms with Gasteiger partial charge in [-0.15, -0.1) is 0 Å². The van der Waals surface area contributed by atoms with Crippen molar-refractivity contribution in [3.63, 3.8) is 0 Å². The smallest absolute Gasteiger partial charge is 0.239 e. The fraction of sp³-hybridized carbons (Fsp3) is 0.857. The van der Waals surface area contributed by atoms with E-state index >= 15 is 0 Å². The highest BCUT2D eigenvalue weighted by atomic mass is 16.3. The van der Waals surface area contributed by atoms with Gasteiger partial charge in [0.1, 0.15) is 0 Å². The average molecular weight is 272 g/mol. The van der Waals surface area contributed by atoms with Crippen LogP contribution in [-0.4, -0.2) is 36.1 Å². The summed E-state index contributed by atoms with van der Waals surface area (Å²) >= 11 is 0. The van der Waals surface area contributed by atoms with Crippen molar-refractivity contribution in [3.8, 4) is 0 Å². The maximum atomic E-state index is 11.5. The second-order valence-electron chi connectivity index (χ2n) is 6.51. The zero-order valence-electron chi connectivity index (χ0n) is 12.7. The molecule has 0 fully saturated rings. The number of carbonyl (C=O) groups is 2. The molecule has 0 heterocycles. The highest BCUT2D eigenvalue weighted by Gasteiger charge is 2.16. The fourth-order valence-corrected chi connectivity index (χ4v) is 1.74. The van der Waals surface area contributed by atoms with Gasteiger partial charge in [-0.25, -0.2) is 0 Å². The summed E-state index contributed by atoms with van der Waals surface area (Å²) in [6, 6.07) is 0. The molecular formula is C14H28N2O3. The minimum absolute atomic E-state index is 0.0102. The van der Waals surface area contributed by atoms with Gasteiger partial charge in [-0.3, -0.25) is 9.59 Å². The molecule has 2 amide bonds. The van der Waals surface area contributed by atoms with Crippen molar-refractivity contribution in [2.24, 2.45) is 11.3 Å². The topological polar surface area (TPSA) is 78.4 Å². The Hall–Kier alpha value is -1.10. The molecule has 0 rings (SSSR count). The number of aliphatic hydroxyl groups is 1. The molecule has 0 aromatic carbocycles. The van der Waals surface area contributed by atoms with Gasteiger partial charge in [-0.1, -0.05) is 27.7 Å². The quantitative estimate of drug-likeness (QED) is 0.648. The van der Waals surface area contributed by atoms with E-state index in [2.05, 4.69) is 10.6 Å². The summed E-state index contributed by atoms with van der Waals surface area (Å²) in [5, 5.41) is 14.5. The molecule has 0 aromatic rings. The van der Waals surface area contributed by atoms with E-state index in [4.69, 9.17) is 0 Å². The maximum Gasteiger partial charge on any atom is 0.239 e. The molecule has 5 nitrogen and oxygen atoms in total. The SMILES string of the molecule is CC(O)CC(C)CNC(=O)CNC(=O)CC(C)(C)C. The largest absolute Gasteiger partial charge is 0.393 e.